The van der Waals surface area contributed by atoms with Crippen molar-refractivity contribution >= 4 is 52.2 Å². The first kappa shape index (κ1) is 25.2. The molecule has 0 bridgehead atoms. The zero-order valence-corrected chi connectivity index (χ0v) is 23.6. The first-order chi connectivity index (χ1) is 14.3. The monoisotopic (exact) mass is 536 g/mol. The van der Waals surface area contributed by atoms with Crippen LogP contribution in [0.1, 0.15) is 0 Å². The fourth-order valence-electron chi connectivity index (χ4n) is 3.09. The molecule has 3 aromatic rings. The van der Waals surface area contributed by atoms with Crippen molar-refractivity contribution in [3.05, 3.63) is 72.8 Å². The molecular weight excluding hydrogens is 515 g/mol. The van der Waals surface area contributed by atoms with Crippen molar-refractivity contribution < 1.29 is 27.2 Å². The maximum absolute atomic E-state index is 5.33. The van der Waals surface area contributed by atoms with Crippen LogP contribution in [-0.4, -0.2) is 28.0 Å². The van der Waals surface area contributed by atoms with Crippen LogP contribution in [0.25, 0.3) is 0 Å². The molecule has 0 aliphatic rings. The summed E-state index contributed by atoms with van der Waals surface area (Å²) in [7, 11) is 18.3. The van der Waals surface area contributed by atoms with Gasteiger partial charge in [-0.05, 0) is 72.8 Å². The van der Waals surface area contributed by atoms with E-state index in [1.165, 1.54) is 15.9 Å². The Morgan fingerprint density at radius 1 is 0.533 bits per heavy atom. The van der Waals surface area contributed by atoms with Gasteiger partial charge in [0.25, 0.3) is 0 Å². The molecular formula is C22H24Cl3O3PZn. The zero-order valence-electron chi connectivity index (χ0n) is 17.4. The van der Waals surface area contributed by atoms with Crippen molar-refractivity contribution in [1.82, 2.24) is 0 Å². The molecule has 3 aromatic carbocycles. The molecule has 0 aromatic heterocycles. The molecule has 30 heavy (non-hydrogen) atoms. The van der Waals surface area contributed by atoms with E-state index in [0.29, 0.717) is 0 Å². The average molecular weight is 539 g/mol. The molecule has 0 spiro atoms. The fourth-order valence-corrected chi connectivity index (χ4v) is 6.22. The van der Waals surface area contributed by atoms with Crippen LogP contribution in [0.15, 0.2) is 72.8 Å². The molecule has 0 unspecified atom stereocenters. The average Bonchev–Trinajstić information content (AvgIpc) is 2.78. The first-order valence-electron chi connectivity index (χ1n) is 9.22. The fraction of sp³-hybridized carbons (Fsp3) is 0.182. The van der Waals surface area contributed by atoms with Crippen molar-refractivity contribution in [2.45, 2.75) is 0 Å². The minimum atomic E-state index is -2.21. The van der Waals surface area contributed by atoms with Crippen molar-refractivity contribution in [1.29, 1.82) is 0 Å². The number of halogens is 3. The van der Waals surface area contributed by atoms with Gasteiger partial charge in [-0.25, -0.2) is 0 Å². The minimum absolute atomic E-state index is 0.866. The summed E-state index contributed by atoms with van der Waals surface area (Å²) in [6.07, 6.45) is 0. The van der Waals surface area contributed by atoms with Crippen LogP contribution in [0.4, 0.5) is 0 Å². The van der Waals surface area contributed by atoms with Crippen LogP contribution in [0.2, 0.25) is 0 Å². The van der Waals surface area contributed by atoms with Crippen LogP contribution in [0, 0.1) is 0 Å². The van der Waals surface area contributed by atoms with E-state index in [0.717, 1.165) is 17.2 Å². The third-order valence-corrected chi connectivity index (χ3v) is 8.76. The van der Waals surface area contributed by atoms with Gasteiger partial charge in [-0.3, -0.25) is 0 Å². The Bertz CT molecular complexity index is 786. The summed E-state index contributed by atoms with van der Waals surface area (Å²) in [5.74, 6) is 2.60. The van der Waals surface area contributed by atoms with E-state index in [1.54, 1.807) is 21.3 Å². The summed E-state index contributed by atoms with van der Waals surface area (Å²) >= 11 is -2.21. The van der Waals surface area contributed by atoms with Crippen molar-refractivity contribution in [2.24, 2.45) is 0 Å². The summed E-state index contributed by atoms with van der Waals surface area (Å²) < 4.78 is 16.0. The van der Waals surface area contributed by atoms with Crippen molar-refractivity contribution in [3.8, 4) is 17.2 Å². The summed E-state index contributed by atoms with van der Waals surface area (Å²) in [6, 6.07) is 25.2. The van der Waals surface area contributed by atoms with Gasteiger partial charge in [-0.1, -0.05) is 0 Å². The molecule has 0 aliphatic carbocycles. The van der Waals surface area contributed by atoms with Gasteiger partial charge in [0.15, 0.2) is 0 Å². The van der Waals surface area contributed by atoms with E-state index < -0.39 is 20.2 Å². The Balaban J connectivity index is 0.000000735. The van der Waals surface area contributed by atoms with E-state index >= 15 is 0 Å². The number of hydrogen-bond acceptors (Lipinski definition) is 3. The third-order valence-electron chi connectivity index (χ3n) is 4.77. The van der Waals surface area contributed by atoms with Crippen molar-refractivity contribution in [3.63, 3.8) is 0 Å². The van der Waals surface area contributed by atoms with Crippen LogP contribution < -0.4 is 30.1 Å². The van der Waals surface area contributed by atoms with E-state index in [1.807, 2.05) is 36.4 Å². The molecule has 0 N–H and O–H groups in total. The Hall–Kier alpha value is -1.02. The predicted octanol–water partition coefficient (Wildman–Crippen LogP) is 5.70. The second-order valence-corrected chi connectivity index (χ2v) is 23.8. The number of rotatable bonds is 6. The standard InChI is InChI=1S/C22H24O3P.3ClH.Zn/c1-23-17-5-11-20(12-6-17)26(4,21-13-7-18(24-2)8-14-21)22-15-9-19(25-3)10-16-22;;;;/h5-16H,1-4H3;3*1H;/q+1;;;;+2/p-3. The van der Waals surface area contributed by atoms with Gasteiger partial charge in [-0.15, -0.1) is 0 Å². The predicted molar refractivity (Wildman–Crippen MR) is 128 cm³/mol. The van der Waals surface area contributed by atoms with E-state index in [2.05, 4.69) is 43.1 Å². The number of ether oxygens (including phenoxy) is 3. The topological polar surface area (TPSA) is 27.7 Å². The summed E-state index contributed by atoms with van der Waals surface area (Å²) in [5.41, 5.74) is 0. The first-order valence-corrected chi connectivity index (χ1v) is 23.2. The third kappa shape index (κ3) is 6.49. The molecule has 3 nitrogen and oxygen atoms in total. The number of benzene rings is 3. The SMILES string of the molecule is COc1ccc([P+](C)(c2ccc(OC)cc2)c2ccc(OC)cc2)cc1.[Cl][Zn-]([Cl])[Cl]. The van der Waals surface area contributed by atoms with Crippen LogP contribution in [-0.2, 0) is 13.0 Å². The van der Waals surface area contributed by atoms with Crippen LogP contribution in [0.5, 0.6) is 17.2 Å². The number of hydrogen-bond donors (Lipinski definition) is 0. The van der Waals surface area contributed by atoms with Crippen LogP contribution >= 0.6 is 36.3 Å². The molecule has 0 amide bonds. The van der Waals surface area contributed by atoms with Gasteiger partial charge in [0.2, 0.25) is 0 Å². The van der Waals surface area contributed by atoms with E-state index in [-0.39, 0.29) is 0 Å². The maximum atomic E-state index is 5.33. The molecule has 0 saturated heterocycles. The zero-order chi connectivity index (χ0) is 22.1. The molecule has 8 heteroatoms. The van der Waals surface area contributed by atoms with Gasteiger partial charge in [0.05, 0.1) is 28.0 Å². The second kappa shape index (κ2) is 12.1. The van der Waals surface area contributed by atoms with Crippen LogP contribution in [0.3, 0.4) is 0 Å². The Kier molecular flexibility index (Phi) is 10.2. The number of methoxy groups -OCH3 is 3. The summed E-state index contributed by atoms with van der Waals surface area (Å²) in [5, 5.41) is 3.90. The Morgan fingerprint density at radius 2 is 0.733 bits per heavy atom. The Morgan fingerprint density at radius 3 is 0.900 bits per heavy atom. The molecule has 3 rings (SSSR count). The molecule has 0 radical (unpaired) electrons. The molecule has 0 aliphatic heterocycles. The molecule has 0 atom stereocenters. The molecule has 0 fully saturated rings. The van der Waals surface area contributed by atoms with Crippen molar-refractivity contribution in [2.75, 3.05) is 28.0 Å². The molecule has 0 saturated carbocycles. The van der Waals surface area contributed by atoms with E-state index in [4.69, 9.17) is 43.3 Å². The summed E-state index contributed by atoms with van der Waals surface area (Å²) in [4.78, 5) is 0. The van der Waals surface area contributed by atoms with Gasteiger partial charge in [0, 0.05) is 0 Å². The van der Waals surface area contributed by atoms with Gasteiger partial charge in [0.1, 0.15) is 40.4 Å². The molecule has 158 valence electrons. The quantitative estimate of drug-likeness (QED) is 0.297. The van der Waals surface area contributed by atoms with E-state index in [9.17, 15) is 0 Å². The van der Waals surface area contributed by atoms with Gasteiger partial charge < -0.3 is 14.2 Å². The van der Waals surface area contributed by atoms with Gasteiger partial charge in [-0.2, -0.15) is 0 Å². The Labute approximate surface area is 196 Å². The van der Waals surface area contributed by atoms with Gasteiger partial charge >= 0.3 is 42.1 Å². The molecule has 0 heterocycles. The summed E-state index contributed by atoms with van der Waals surface area (Å²) in [6.45, 7) is 2.35. The normalized spacial score (nSPS) is 10.5. The second-order valence-electron chi connectivity index (χ2n) is 6.40.